The summed E-state index contributed by atoms with van der Waals surface area (Å²) in [5.74, 6) is 0.445. The first-order valence-electron chi connectivity index (χ1n) is 9.75. The third kappa shape index (κ3) is 4.93. The highest BCUT2D eigenvalue weighted by molar-refractivity contribution is 5.98. The number of methoxy groups -OCH3 is 1. The van der Waals surface area contributed by atoms with Gasteiger partial charge in [0.2, 0.25) is 0 Å². The van der Waals surface area contributed by atoms with Gasteiger partial charge in [0.15, 0.2) is 0 Å². The highest BCUT2D eigenvalue weighted by Gasteiger charge is 2.31. The SMILES string of the molecule is COc1cccnc1CC1CNC(=O)c2cc(-c3ccc(OC(F)(F)F)cc3)ccc2O1. The highest BCUT2D eigenvalue weighted by Crippen LogP contribution is 2.31. The first-order chi connectivity index (χ1) is 15.3. The standard InChI is InChI=1S/C23H19F3N2O4/c1-30-21-3-2-10-27-19(21)12-17-13-28-22(29)18-11-15(6-9-20(18)31-17)14-4-7-16(8-5-14)32-23(24,25)26/h2-11,17H,12-13H2,1H3,(H,28,29). The zero-order chi connectivity index (χ0) is 22.7. The summed E-state index contributed by atoms with van der Waals surface area (Å²) in [4.78, 5) is 17.0. The van der Waals surface area contributed by atoms with Gasteiger partial charge < -0.3 is 19.5 Å². The smallest absolute Gasteiger partial charge is 0.495 e. The molecule has 1 aromatic heterocycles. The number of ether oxygens (including phenoxy) is 3. The van der Waals surface area contributed by atoms with Crippen molar-refractivity contribution in [2.45, 2.75) is 18.9 Å². The molecule has 1 aliphatic rings. The maximum absolute atomic E-state index is 12.6. The number of pyridine rings is 1. The second kappa shape index (κ2) is 8.78. The van der Waals surface area contributed by atoms with E-state index in [4.69, 9.17) is 9.47 Å². The van der Waals surface area contributed by atoms with Gasteiger partial charge in [-0.25, -0.2) is 0 Å². The Morgan fingerprint density at radius 1 is 1.12 bits per heavy atom. The monoisotopic (exact) mass is 444 g/mol. The summed E-state index contributed by atoms with van der Waals surface area (Å²) in [5.41, 5.74) is 2.35. The van der Waals surface area contributed by atoms with Crippen LogP contribution in [0.4, 0.5) is 13.2 Å². The van der Waals surface area contributed by atoms with E-state index in [-0.39, 0.29) is 24.3 Å². The molecular weight excluding hydrogens is 425 g/mol. The highest BCUT2D eigenvalue weighted by atomic mass is 19.4. The molecule has 1 amide bonds. The molecule has 1 unspecified atom stereocenters. The first kappa shape index (κ1) is 21.5. The van der Waals surface area contributed by atoms with Crippen molar-refractivity contribution in [3.63, 3.8) is 0 Å². The summed E-state index contributed by atoms with van der Waals surface area (Å²) in [5, 5.41) is 2.84. The lowest BCUT2D eigenvalue weighted by Crippen LogP contribution is -2.33. The number of alkyl halides is 3. The maximum atomic E-state index is 12.6. The zero-order valence-electron chi connectivity index (χ0n) is 17.0. The molecule has 0 spiro atoms. The molecule has 2 heterocycles. The molecule has 6 nitrogen and oxygen atoms in total. The molecule has 2 aromatic carbocycles. The number of benzene rings is 2. The van der Waals surface area contributed by atoms with Crippen molar-refractivity contribution in [3.05, 3.63) is 72.1 Å². The van der Waals surface area contributed by atoms with Crippen LogP contribution in [0.1, 0.15) is 16.1 Å². The van der Waals surface area contributed by atoms with Crippen LogP contribution in [0.15, 0.2) is 60.8 Å². The van der Waals surface area contributed by atoms with Crippen LogP contribution in [0.3, 0.4) is 0 Å². The molecule has 0 fully saturated rings. The van der Waals surface area contributed by atoms with E-state index in [0.29, 0.717) is 34.6 Å². The van der Waals surface area contributed by atoms with Crippen molar-refractivity contribution in [2.24, 2.45) is 0 Å². The second-order valence-corrected chi connectivity index (χ2v) is 7.09. The van der Waals surface area contributed by atoms with Gasteiger partial charge in [0.05, 0.1) is 24.9 Å². The van der Waals surface area contributed by atoms with E-state index in [1.165, 1.54) is 24.3 Å². The third-order valence-corrected chi connectivity index (χ3v) is 4.92. The van der Waals surface area contributed by atoms with Crippen molar-refractivity contribution in [2.75, 3.05) is 13.7 Å². The Labute approximate surface area is 181 Å². The van der Waals surface area contributed by atoms with E-state index >= 15 is 0 Å². The number of aromatic nitrogens is 1. The van der Waals surface area contributed by atoms with Gasteiger partial charge >= 0.3 is 6.36 Å². The average molecular weight is 444 g/mol. The van der Waals surface area contributed by atoms with Crippen molar-refractivity contribution in [1.82, 2.24) is 10.3 Å². The summed E-state index contributed by atoms with van der Waals surface area (Å²) < 4.78 is 52.4. The fourth-order valence-corrected chi connectivity index (χ4v) is 3.45. The summed E-state index contributed by atoms with van der Waals surface area (Å²) in [6, 6.07) is 14.1. The lowest BCUT2D eigenvalue weighted by molar-refractivity contribution is -0.274. The fraction of sp³-hybridized carbons (Fsp3) is 0.217. The van der Waals surface area contributed by atoms with Crippen LogP contribution >= 0.6 is 0 Å². The van der Waals surface area contributed by atoms with Gasteiger partial charge in [0.1, 0.15) is 23.4 Å². The fourth-order valence-electron chi connectivity index (χ4n) is 3.45. The second-order valence-electron chi connectivity index (χ2n) is 7.09. The number of carbonyl (C=O) groups excluding carboxylic acids is 1. The number of rotatable bonds is 5. The molecule has 166 valence electrons. The number of nitrogens with zero attached hydrogens (tertiary/aromatic N) is 1. The molecule has 0 aliphatic carbocycles. The minimum atomic E-state index is -4.75. The molecule has 1 atom stereocenters. The first-order valence-corrected chi connectivity index (χ1v) is 9.75. The van der Waals surface area contributed by atoms with Gasteiger partial charge in [-0.3, -0.25) is 9.78 Å². The summed E-state index contributed by atoms with van der Waals surface area (Å²) in [6.07, 6.45) is -3.00. The molecule has 1 aliphatic heterocycles. The maximum Gasteiger partial charge on any atom is 0.573 e. The molecule has 0 saturated carbocycles. The quantitative estimate of drug-likeness (QED) is 0.632. The molecule has 9 heteroatoms. The van der Waals surface area contributed by atoms with Crippen molar-refractivity contribution in [1.29, 1.82) is 0 Å². The normalized spacial score (nSPS) is 15.8. The van der Waals surface area contributed by atoms with Crippen LogP contribution in [0.5, 0.6) is 17.2 Å². The van der Waals surface area contributed by atoms with Gasteiger partial charge in [0.25, 0.3) is 5.91 Å². The number of carbonyl (C=O) groups is 1. The van der Waals surface area contributed by atoms with E-state index in [2.05, 4.69) is 15.0 Å². The van der Waals surface area contributed by atoms with E-state index in [1.807, 2.05) is 6.07 Å². The minimum absolute atomic E-state index is 0.284. The number of nitrogens with one attached hydrogen (secondary N) is 1. The Bertz CT molecular complexity index is 1120. The van der Waals surface area contributed by atoms with Crippen LogP contribution < -0.4 is 19.5 Å². The van der Waals surface area contributed by atoms with Crippen molar-refractivity contribution >= 4 is 5.91 Å². The Morgan fingerprint density at radius 3 is 2.59 bits per heavy atom. The third-order valence-electron chi connectivity index (χ3n) is 4.92. The predicted molar refractivity (Wildman–Crippen MR) is 110 cm³/mol. The number of fused-ring (bicyclic) bond motifs is 1. The molecular formula is C23H19F3N2O4. The van der Waals surface area contributed by atoms with E-state index < -0.39 is 6.36 Å². The van der Waals surface area contributed by atoms with Gasteiger partial charge in [-0.1, -0.05) is 18.2 Å². The molecule has 32 heavy (non-hydrogen) atoms. The zero-order valence-corrected chi connectivity index (χ0v) is 17.0. The number of halogens is 3. The van der Waals surface area contributed by atoms with E-state index in [1.54, 1.807) is 37.6 Å². The van der Waals surface area contributed by atoms with Gasteiger partial charge in [-0.05, 0) is 47.5 Å². The van der Waals surface area contributed by atoms with Crippen molar-refractivity contribution < 1.29 is 32.2 Å². The van der Waals surface area contributed by atoms with Crippen LogP contribution in [-0.2, 0) is 6.42 Å². The molecule has 1 N–H and O–H groups in total. The average Bonchev–Trinajstić information content (AvgIpc) is 2.92. The summed E-state index contributed by atoms with van der Waals surface area (Å²) in [6.45, 7) is 0.284. The van der Waals surface area contributed by atoms with Gasteiger partial charge in [-0.2, -0.15) is 0 Å². The molecule has 0 radical (unpaired) electrons. The van der Waals surface area contributed by atoms with Gasteiger partial charge in [-0.15, -0.1) is 13.2 Å². The molecule has 0 saturated heterocycles. The van der Waals surface area contributed by atoms with Crippen LogP contribution in [-0.4, -0.2) is 37.0 Å². The van der Waals surface area contributed by atoms with Crippen LogP contribution in [0, 0.1) is 0 Å². The summed E-state index contributed by atoms with van der Waals surface area (Å²) in [7, 11) is 1.56. The number of amides is 1. The topological polar surface area (TPSA) is 69.7 Å². The number of hydrogen-bond donors (Lipinski definition) is 1. The minimum Gasteiger partial charge on any atom is -0.495 e. The van der Waals surface area contributed by atoms with Crippen LogP contribution in [0.2, 0.25) is 0 Å². The lowest BCUT2D eigenvalue weighted by atomic mass is 10.0. The van der Waals surface area contributed by atoms with E-state index in [0.717, 1.165) is 5.69 Å². The lowest BCUT2D eigenvalue weighted by Gasteiger charge is -2.18. The Morgan fingerprint density at radius 2 is 1.88 bits per heavy atom. The van der Waals surface area contributed by atoms with Crippen LogP contribution in [0.25, 0.3) is 11.1 Å². The van der Waals surface area contributed by atoms with Crippen molar-refractivity contribution in [3.8, 4) is 28.4 Å². The molecule has 3 aromatic rings. The largest absolute Gasteiger partial charge is 0.573 e. The Balaban J connectivity index is 1.55. The van der Waals surface area contributed by atoms with E-state index in [9.17, 15) is 18.0 Å². The predicted octanol–water partition coefficient (Wildman–Crippen LogP) is 4.39. The Kier molecular flexibility index (Phi) is 5.89. The Hall–Kier alpha value is -3.75. The number of hydrogen-bond acceptors (Lipinski definition) is 5. The molecule has 4 rings (SSSR count). The summed E-state index contributed by atoms with van der Waals surface area (Å²) >= 11 is 0. The van der Waals surface area contributed by atoms with Gasteiger partial charge in [0, 0.05) is 12.6 Å². The molecule has 0 bridgehead atoms.